The highest BCUT2D eigenvalue weighted by molar-refractivity contribution is 6.47. The second-order valence-electron chi connectivity index (χ2n) is 1.73. The second kappa shape index (κ2) is 5.22. The Bertz CT molecular complexity index is 193. The molecule has 0 aliphatic carbocycles. The van der Waals surface area contributed by atoms with Crippen LogP contribution >= 0.6 is 23.2 Å². The SMILES string of the molecule is C=CCOC(=O)C(Cl)=C(C)Cl. The molecule has 4 heteroatoms. The molecule has 0 fully saturated rings. The molecule has 0 bridgehead atoms. The summed E-state index contributed by atoms with van der Waals surface area (Å²) in [6, 6.07) is 0. The lowest BCUT2D eigenvalue weighted by Crippen LogP contribution is -2.04. The van der Waals surface area contributed by atoms with Crippen LogP contribution in [0, 0.1) is 0 Å². The van der Waals surface area contributed by atoms with Gasteiger partial charge in [-0.25, -0.2) is 4.79 Å². The van der Waals surface area contributed by atoms with E-state index in [1.165, 1.54) is 13.0 Å². The smallest absolute Gasteiger partial charge is 0.351 e. The monoisotopic (exact) mass is 194 g/mol. The first kappa shape index (κ1) is 10.5. The molecule has 0 unspecified atom stereocenters. The average Bonchev–Trinajstić information content (AvgIpc) is 1.98. The third kappa shape index (κ3) is 4.06. The van der Waals surface area contributed by atoms with Crippen molar-refractivity contribution in [1.29, 1.82) is 0 Å². The zero-order valence-corrected chi connectivity index (χ0v) is 7.58. The predicted molar refractivity (Wildman–Crippen MR) is 45.6 cm³/mol. The van der Waals surface area contributed by atoms with Crippen molar-refractivity contribution >= 4 is 29.2 Å². The predicted octanol–water partition coefficient (Wildman–Crippen LogP) is 2.42. The standard InChI is InChI=1S/C7H8Cl2O2/c1-3-4-11-7(10)6(9)5(2)8/h3H,1,4H2,2H3. The third-order valence-electron chi connectivity index (χ3n) is 0.814. The van der Waals surface area contributed by atoms with Crippen LogP contribution in [0.5, 0.6) is 0 Å². The lowest BCUT2D eigenvalue weighted by molar-refractivity contribution is -0.137. The number of hydrogen-bond acceptors (Lipinski definition) is 2. The van der Waals surface area contributed by atoms with Crippen molar-refractivity contribution in [3.05, 3.63) is 22.7 Å². The molecule has 0 rings (SSSR count). The van der Waals surface area contributed by atoms with Gasteiger partial charge in [0.1, 0.15) is 11.6 Å². The summed E-state index contributed by atoms with van der Waals surface area (Å²) < 4.78 is 4.58. The molecule has 0 aromatic heterocycles. The summed E-state index contributed by atoms with van der Waals surface area (Å²) >= 11 is 10.9. The molecule has 0 aromatic carbocycles. The molecule has 2 nitrogen and oxygen atoms in total. The van der Waals surface area contributed by atoms with E-state index < -0.39 is 5.97 Å². The first-order valence-corrected chi connectivity index (χ1v) is 3.65. The summed E-state index contributed by atoms with van der Waals surface area (Å²) in [5.74, 6) is -0.626. The fourth-order valence-electron chi connectivity index (χ4n) is 0.339. The lowest BCUT2D eigenvalue weighted by Gasteiger charge is -1.99. The molecular formula is C7H8Cl2O2. The van der Waals surface area contributed by atoms with Crippen molar-refractivity contribution in [2.24, 2.45) is 0 Å². The van der Waals surface area contributed by atoms with E-state index in [1.807, 2.05) is 0 Å². The minimum Gasteiger partial charge on any atom is -0.457 e. The topological polar surface area (TPSA) is 26.3 Å². The van der Waals surface area contributed by atoms with Gasteiger partial charge in [-0.3, -0.25) is 0 Å². The summed E-state index contributed by atoms with van der Waals surface area (Å²) in [5, 5.41) is 0.134. The van der Waals surface area contributed by atoms with E-state index in [9.17, 15) is 4.79 Å². The maximum Gasteiger partial charge on any atom is 0.351 e. The van der Waals surface area contributed by atoms with Crippen molar-refractivity contribution in [1.82, 2.24) is 0 Å². The Balaban J connectivity index is 4.04. The zero-order valence-electron chi connectivity index (χ0n) is 6.06. The van der Waals surface area contributed by atoms with Crippen molar-refractivity contribution in [2.45, 2.75) is 6.92 Å². The van der Waals surface area contributed by atoms with Crippen molar-refractivity contribution < 1.29 is 9.53 Å². The Labute approximate surface area is 75.4 Å². The minimum absolute atomic E-state index is 0.0893. The van der Waals surface area contributed by atoms with Crippen molar-refractivity contribution in [2.75, 3.05) is 6.61 Å². The number of halogens is 2. The largest absolute Gasteiger partial charge is 0.457 e. The van der Waals surface area contributed by atoms with Gasteiger partial charge in [0.15, 0.2) is 0 Å². The molecule has 0 saturated carbocycles. The van der Waals surface area contributed by atoms with Gasteiger partial charge in [0.2, 0.25) is 0 Å². The van der Waals surface area contributed by atoms with Crippen LogP contribution in [0.3, 0.4) is 0 Å². The molecule has 0 aliphatic heterocycles. The molecule has 0 atom stereocenters. The normalized spacial score (nSPS) is 11.9. The van der Waals surface area contributed by atoms with Crippen LogP contribution in [0.15, 0.2) is 22.7 Å². The third-order valence-corrected chi connectivity index (χ3v) is 1.54. The highest BCUT2D eigenvalue weighted by Gasteiger charge is 2.09. The number of rotatable bonds is 3. The number of esters is 1. The van der Waals surface area contributed by atoms with E-state index in [1.54, 1.807) is 0 Å². The van der Waals surface area contributed by atoms with Gasteiger partial charge in [-0.1, -0.05) is 35.9 Å². The molecule has 0 N–H and O–H groups in total. The molecule has 0 aromatic rings. The van der Waals surface area contributed by atoms with Gasteiger partial charge in [-0.15, -0.1) is 0 Å². The number of allylic oxidation sites excluding steroid dienone is 1. The van der Waals surface area contributed by atoms with Gasteiger partial charge in [-0.2, -0.15) is 0 Å². The molecule has 0 heterocycles. The Morgan fingerprint density at radius 1 is 1.64 bits per heavy atom. The van der Waals surface area contributed by atoms with Crippen LogP contribution in [0.2, 0.25) is 0 Å². The number of hydrogen-bond donors (Lipinski definition) is 0. The molecule has 0 amide bonds. The summed E-state index contributed by atoms with van der Waals surface area (Å²) in [6.45, 7) is 5.02. The lowest BCUT2D eigenvalue weighted by atomic mass is 10.5. The number of ether oxygens (including phenoxy) is 1. The highest BCUT2D eigenvalue weighted by atomic mass is 35.5. The molecular weight excluding hydrogens is 187 g/mol. The maximum absolute atomic E-state index is 10.8. The van der Waals surface area contributed by atoms with Gasteiger partial charge in [-0.05, 0) is 6.92 Å². The van der Waals surface area contributed by atoms with Crippen LogP contribution in [0.4, 0.5) is 0 Å². The number of carbonyl (C=O) groups excluding carboxylic acids is 1. The molecule has 0 aliphatic rings. The van der Waals surface area contributed by atoms with E-state index >= 15 is 0 Å². The molecule has 0 spiro atoms. The Morgan fingerprint density at radius 3 is 2.55 bits per heavy atom. The summed E-state index contributed by atoms with van der Waals surface area (Å²) in [5.41, 5.74) is 0. The van der Waals surface area contributed by atoms with Crippen LogP contribution in [0.1, 0.15) is 6.92 Å². The van der Waals surface area contributed by atoms with E-state index in [4.69, 9.17) is 23.2 Å². The Kier molecular flexibility index (Phi) is 4.99. The van der Waals surface area contributed by atoms with Gasteiger partial charge in [0, 0.05) is 5.03 Å². The first-order valence-electron chi connectivity index (χ1n) is 2.89. The zero-order chi connectivity index (χ0) is 8.85. The fourth-order valence-corrected chi connectivity index (χ4v) is 0.470. The van der Waals surface area contributed by atoms with Crippen LogP contribution in [-0.2, 0) is 9.53 Å². The Hall–Kier alpha value is -0.470. The quantitative estimate of drug-likeness (QED) is 0.392. The molecule has 0 radical (unpaired) electrons. The van der Waals surface area contributed by atoms with E-state index in [0.717, 1.165) is 0 Å². The van der Waals surface area contributed by atoms with E-state index in [0.29, 0.717) is 0 Å². The highest BCUT2D eigenvalue weighted by Crippen LogP contribution is 2.13. The van der Waals surface area contributed by atoms with Crippen LogP contribution in [0.25, 0.3) is 0 Å². The molecule has 11 heavy (non-hydrogen) atoms. The minimum atomic E-state index is -0.626. The number of carbonyl (C=O) groups is 1. The first-order chi connectivity index (χ1) is 5.09. The second-order valence-corrected chi connectivity index (χ2v) is 2.68. The van der Waals surface area contributed by atoms with Crippen LogP contribution < -0.4 is 0 Å². The van der Waals surface area contributed by atoms with Crippen LogP contribution in [-0.4, -0.2) is 12.6 Å². The summed E-state index contributed by atoms with van der Waals surface area (Å²) in [6.07, 6.45) is 1.45. The van der Waals surface area contributed by atoms with Gasteiger partial charge < -0.3 is 4.74 Å². The summed E-state index contributed by atoms with van der Waals surface area (Å²) in [4.78, 5) is 10.8. The maximum atomic E-state index is 10.8. The van der Waals surface area contributed by atoms with Gasteiger partial charge in [0.05, 0.1) is 0 Å². The molecule has 0 saturated heterocycles. The van der Waals surface area contributed by atoms with Gasteiger partial charge >= 0.3 is 5.97 Å². The van der Waals surface area contributed by atoms with Crippen molar-refractivity contribution in [3.8, 4) is 0 Å². The van der Waals surface area contributed by atoms with Crippen molar-refractivity contribution in [3.63, 3.8) is 0 Å². The average molecular weight is 195 g/mol. The van der Waals surface area contributed by atoms with Gasteiger partial charge in [0.25, 0.3) is 0 Å². The Morgan fingerprint density at radius 2 is 2.18 bits per heavy atom. The molecule has 62 valence electrons. The van der Waals surface area contributed by atoms with E-state index in [2.05, 4.69) is 11.3 Å². The fraction of sp³-hybridized carbons (Fsp3) is 0.286. The van der Waals surface area contributed by atoms with E-state index in [-0.39, 0.29) is 16.7 Å². The summed E-state index contributed by atoms with van der Waals surface area (Å²) in [7, 11) is 0.